The molecule has 1 aliphatic heterocycles. The Labute approximate surface area is 157 Å². The highest BCUT2D eigenvalue weighted by Gasteiger charge is 2.37. The van der Waals surface area contributed by atoms with Gasteiger partial charge in [0.1, 0.15) is 0 Å². The fourth-order valence-corrected chi connectivity index (χ4v) is 5.12. The van der Waals surface area contributed by atoms with Crippen molar-refractivity contribution in [1.82, 2.24) is 4.90 Å². The molecule has 144 valence electrons. The molecule has 0 bridgehead atoms. The molecule has 25 heavy (non-hydrogen) atoms. The van der Waals surface area contributed by atoms with Crippen LogP contribution in [0.5, 0.6) is 0 Å². The molecule has 2 aliphatic rings. The van der Waals surface area contributed by atoms with E-state index < -0.39 is 0 Å². The molecule has 1 aliphatic carbocycles. The first-order valence-corrected chi connectivity index (χ1v) is 11.4. The maximum absolute atomic E-state index is 9.73. The Bertz CT molecular complexity index is 381. The summed E-state index contributed by atoms with van der Waals surface area (Å²) >= 11 is 0. The lowest BCUT2D eigenvalue weighted by molar-refractivity contribution is 0.0754. The predicted octanol–water partition coefficient (Wildman–Crippen LogP) is 6.70. The largest absolute Gasteiger partial charge is 0.300 e. The van der Waals surface area contributed by atoms with Gasteiger partial charge in [0.2, 0.25) is 0 Å². The summed E-state index contributed by atoms with van der Waals surface area (Å²) in [6, 6.07) is 3.49. The summed E-state index contributed by atoms with van der Waals surface area (Å²) in [6.45, 7) is 7.19. The van der Waals surface area contributed by atoms with E-state index in [4.69, 9.17) is 0 Å². The first-order valence-electron chi connectivity index (χ1n) is 11.4. The predicted molar refractivity (Wildman–Crippen MR) is 108 cm³/mol. The molecule has 2 rings (SSSR count). The van der Waals surface area contributed by atoms with E-state index in [-0.39, 0.29) is 5.41 Å². The topological polar surface area (TPSA) is 27.0 Å². The molecule has 1 heterocycles. The summed E-state index contributed by atoms with van der Waals surface area (Å²) in [5.74, 6) is 0.990. The molecule has 1 saturated heterocycles. The number of nitriles is 1. The SMILES string of the molecule is CCCCCCC1CCN(C2CCC(C#N)(CCCCC)CC2)CC1. The zero-order chi connectivity index (χ0) is 18.0. The van der Waals surface area contributed by atoms with Gasteiger partial charge in [-0.25, -0.2) is 0 Å². The standard InChI is InChI=1S/C23H42N2/c1-3-5-7-8-10-21-13-18-25(19-14-21)22-11-16-23(20-24,17-12-22)15-9-6-4-2/h21-22H,3-19H2,1-2H3. The van der Waals surface area contributed by atoms with Crippen LogP contribution in [0, 0.1) is 22.7 Å². The van der Waals surface area contributed by atoms with Crippen LogP contribution in [-0.2, 0) is 0 Å². The van der Waals surface area contributed by atoms with Crippen molar-refractivity contribution >= 4 is 0 Å². The van der Waals surface area contributed by atoms with Gasteiger partial charge in [-0.05, 0) is 64.0 Å². The minimum atomic E-state index is 0.0171. The van der Waals surface area contributed by atoms with E-state index in [1.807, 2.05) is 0 Å². The number of piperidine rings is 1. The Morgan fingerprint density at radius 1 is 0.880 bits per heavy atom. The van der Waals surface area contributed by atoms with Gasteiger partial charge in [-0.15, -0.1) is 0 Å². The number of hydrogen-bond donors (Lipinski definition) is 0. The highest BCUT2D eigenvalue weighted by molar-refractivity contribution is 5.03. The normalized spacial score (nSPS) is 28.8. The summed E-state index contributed by atoms with van der Waals surface area (Å²) < 4.78 is 0. The monoisotopic (exact) mass is 346 g/mol. The van der Waals surface area contributed by atoms with E-state index in [0.717, 1.165) is 31.2 Å². The first kappa shape index (κ1) is 20.8. The van der Waals surface area contributed by atoms with Crippen LogP contribution in [0.2, 0.25) is 0 Å². The zero-order valence-electron chi connectivity index (χ0n) is 17.1. The third-order valence-electron chi connectivity index (χ3n) is 7.04. The molecule has 0 radical (unpaired) electrons. The molecule has 0 aromatic carbocycles. The molecule has 0 spiro atoms. The van der Waals surface area contributed by atoms with Crippen molar-refractivity contribution in [3.8, 4) is 6.07 Å². The van der Waals surface area contributed by atoms with Gasteiger partial charge in [0.25, 0.3) is 0 Å². The second kappa shape index (κ2) is 11.2. The maximum Gasteiger partial charge on any atom is 0.0689 e. The van der Waals surface area contributed by atoms with Crippen LogP contribution in [0.3, 0.4) is 0 Å². The zero-order valence-corrected chi connectivity index (χ0v) is 17.1. The molecule has 2 heteroatoms. The van der Waals surface area contributed by atoms with Crippen molar-refractivity contribution in [3.05, 3.63) is 0 Å². The minimum absolute atomic E-state index is 0.0171. The van der Waals surface area contributed by atoms with Crippen molar-refractivity contribution in [2.75, 3.05) is 13.1 Å². The van der Waals surface area contributed by atoms with Crippen molar-refractivity contribution in [2.24, 2.45) is 11.3 Å². The number of hydrogen-bond acceptors (Lipinski definition) is 2. The smallest absolute Gasteiger partial charge is 0.0689 e. The molecule has 0 aromatic heterocycles. The third kappa shape index (κ3) is 6.59. The van der Waals surface area contributed by atoms with Crippen LogP contribution >= 0.6 is 0 Å². The fraction of sp³-hybridized carbons (Fsp3) is 0.957. The van der Waals surface area contributed by atoms with Crippen LogP contribution in [-0.4, -0.2) is 24.0 Å². The van der Waals surface area contributed by atoms with Crippen molar-refractivity contribution in [1.29, 1.82) is 5.26 Å². The Morgan fingerprint density at radius 3 is 2.12 bits per heavy atom. The highest BCUT2D eigenvalue weighted by atomic mass is 15.2. The van der Waals surface area contributed by atoms with Crippen LogP contribution in [0.15, 0.2) is 0 Å². The maximum atomic E-state index is 9.73. The Morgan fingerprint density at radius 2 is 1.52 bits per heavy atom. The van der Waals surface area contributed by atoms with Crippen LogP contribution in [0.1, 0.15) is 110 Å². The van der Waals surface area contributed by atoms with Crippen LogP contribution in [0.25, 0.3) is 0 Å². The van der Waals surface area contributed by atoms with Crippen LogP contribution < -0.4 is 0 Å². The number of nitrogens with zero attached hydrogens (tertiary/aromatic N) is 2. The van der Waals surface area contributed by atoms with Gasteiger partial charge in [0, 0.05) is 6.04 Å². The van der Waals surface area contributed by atoms with E-state index >= 15 is 0 Å². The summed E-state index contributed by atoms with van der Waals surface area (Å²) in [5.41, 5.74) is 0.0171. The molecule has 0 amide bonds. The first-order chi connectivity index (χ1) is 12.2. The highest BCUT2D eigenvalue weighted by Crippen LogP contribution is 2.42. The lowest BCUT2D eigenvalue weighted by atomic mass is 9.70. The van der Waals surface area contributed by atoms with Crippen molar-refractivity contribution in [3.63, 3.8) is 0 Å². The van der Waals surface area contributed by atoms with Gasteiger partial charge in [0.05, 0.1) is 11.5 Å². The van der Waals surface area contributed by atoms with E-state index in [1.165, 1.54) is 90.1 Å². The average Bonchev–Trinajstić information content (AvgIpc) is 2.67. The van der Waals surface area contributed by atoms with E-state index in [1.54, 1.807) is 0 Å². The molecule has 0 atom stereocenters. The molecule has 1 saturated carbocycles. The van der Waals surface area contributed by atoms with E-state index in [0.29, 0.717) is 0 Å². The fourth-order valence-electron chi connectivity index (χ4n) is 5.12. The van der Waals surface area contributed by atoms with Gasteiger partial charge in [0.15, 0.2) is 0 Å². The van der Waals surface area contributed by atoms with E-state index in [2.05, 4.69) is 24.8 Å². The Balaban J connectivity index is 1.67. The van der Waals surface area contributed by atoms with Gasteiger partial charge in [-0.2, -0.15) is 5.26 Å². The molecule has 2 fully saturated rings. The lowest BCUT2D eigenvalue weighted by Crippen LogP contribution is -2.44. The molecule has 2 nitrogen and oxygen atoms in total. The van der Waals surface area contributed by atoms with Gasteiger partial charge >= 0.3 is 0 Å². The minimum Gasteiger partial charge on any atom is -0.300 e. The van der Waals surface area contributed by atoms with Gasteiger partial charge < -0.3 is 4.90 Å². The lowest BCUT2D eigenvalue weighted by Gasteiger charge is -2.43. The van der Waals surface area contributed by atoms with Gasteiger partial charge in [-0.3, -0.25) is 0 Å². The van der Waals surface area contributed by atoms with Gasteiger partial charge in [-0.1, -0.05) is 65.2 Å². The molecule has 0 aromatic rings. The molecular weight excluding hydrogens is 304 g/mol. The number of unbranched alkanes of at least 4 members (excludes halogenated alkanes) is 5. The average molecular weight is 347 g/mol. The number of rotatable bonds is 10. The molecule has 0 unspecified atom stereocenters. The summed E-state index contributed by atoms with van der Waals surface area (Å²) in [4.78, 5) is 2.77. The summed E-state index contributed by atoms with van der Waals surface area (Å²) in [7, 11) is 0. The third-order valence-corrected chi connectivity index (χ3v) is 7.04. The molecule has 0 N–H and O–H groups in total. The van der Waals surface area contributed by atoms with Crippen molar-refractivity contribution < 1.29 is 0 Å². The summed E-state index contributed by atoms with van der Waals surface area (Å²) in [5, 5.41) is 9.73. The Hall–Kier alpha value is -0.550. The second-order valence-corrected chi connectivity index (χ2v) is 8.91. The number of likely N-dealkylation sites (tertiary alicyclic amines) is 1. The summed E-state index contributed by atoms with van der Waals surface area (Å²) in [6.07, 6.45) is 19.7. The second-order valence-electron chi connectivity index (χ2n) is 8.91. The quantitative estimate of drug-likeness (QED) is 0.411. The van der Waals surface area contributed by atoms with Crippen LogP contribution in [0.4, 0.5) is 0 Å². The molecular formula is C23H42N2. The van der Waals surface area contributed by atoms with Crippen molar-refractivity contribution in [2.45, 2.75) is 116 Å². The Kier molecular flexibility index (Phi) is 9.32. The van der Waals surface area contributed by atoms with E-state index in [9.17, 15) is 5.26 Å².